The summed E-state index contributed by atoms with van der Waals surface area (Å²) in [5.74, 6) is -1.19. The summed E-state index contributed by atoms with van der Waals surface area (Å²) in [6, 6.07) is 48.1. The van der Waals surface area contributed by atoms with E-state index >= 15 is 0 Å². The summed E-state index contributed by atoms with van der Waals surface area (Å²) in [6.45, 7) is 14.1. The number of ether oxygens (including phenoxy) is 5. The standard InChI is InChI=1S/C41H50N6O6.C27H25NO5.C18H32N4O5.C14H27N5O2.CH5N/c1-3-30(23-44-46-40(50)43-22-27-17-19-29(20-18-27)38(48)42-2)45-39(49)37-21-31(52-25-28-11-5-4-6-12-28)24-47(37)41(51)53-26-36-34-15-9-7-13-32(34)33-14-8-10-16-35(33)36;29-26(30)25-14-19(32-16-18-8-2-1-3-9-18)15-28(25)27(31)33-17-24-22-12-6-4-10-20(22)21-11-5-7-13-23(21)24;1-5-14(21-17(26)27-18(2,3)4)11-20-22-16(25)19-10-12-6-8-13(9-7-12)15(23)24;1-3-12(15)9-18-19-14(21)17-8-10-4-6-11(7-5-10)13(20)16-2;1-2/h4-16,23,27,29-31,36-37H,3,17-22,24-26H2,1-2H3,(H,42,48)(H,45,49)(H2,43,46,50);1-13,19,24-25H,14-17H2,(H,29,30);11-14H,5-10H2,1-4H3,(H,21,26)(H,23,24)(H2,19,22,25);9-12H,3-8,15H2,1-2H3,(H,16,20)(H2,17,19,21);2H2,1H3/b44-23+;;20-11+;18-9+;/t27?,29?,30-,31+,37-;19-,25-;12?,13?,14-;10?,11?,12-;/m0100./s1. The van der Waals surface area contributed by atoms with Gasteiger partial charge >= 0.3 is 48.3 Å². The second-order valence-corrected chi connectivity index (χ2v) is 35.9. The second-order valence-electron chi connectivity index (χ2n) is 35.9. The van der Waals surface area contributed by atoms with Crippen molar-refractivity contribution >= 4 is 84.7 Å². The Morgan fingerprint density at radius 2 is 0.772 bits per heavy atom. The molecule has 2 aliphatic heterocycles. The van der Waals surface area contributed by atoms with Crippen LogP contribution in [0.1, 0.15) is 196 Å². The number of amides is 12. The van der Waals surface area contributed by atoms with Crippen LogP contribution in [0.3, 0.4) is 0 Å². The van der Waals surface area contributed by atoms with Gasteiger partial charge < -0.3 is 82.6 Å². The molecule has 0 aromatic heterocycles. The quantitative estimate of drug-likeness (QED) is 0.0106. The molecule has 6 aromatic carbocycles. The first-order valence-electron chi connectivity index (χ1n) is 47.4. The third-order valence-corrected chi connectivity index (χ3v) is 25.3. The minimum atomic E-state index is -1.05. The van der Waals surface area contributed by atoms with Gasteiger partial charge in [0.05, 0.1) is 56.5 Å². The number of urea groups is 3. The molecule has 7 atom stereocenters. The number of fused-ring (bicyclic) bond motifs is 6. The summed E-state index contributed by atoms with van der Waals surface area (Å²) < 4.78 is 28.9. The first kappa shape index (κ1) is 107. The van der Waals surface area contributed by atoms with Gasteiger partial charge in [0.2, 0.25) is 17.7 Å². The lowest BCUT2D eigenvalue weighted by Crippen LogP contribution is -2.49. The minimum absolute atomic E-state index is 0.0405. The number of hydrogen-bond donors (Lipinski definition) is 14. The number of likely N-dealkylation sites (tertiary alicyclic amines) is 2. The second kappa shape index (κ2) is 55.2. The largest absolute Gasteiger partial charge is 0.481 e. The molecule has 0 radical (unpaired) electrons. The molecular weight excluding hydrogens is 1740 g/mol. The lowest BCUT2D eigenvalue weighted by Gasteiger charge is -2.27. The van der Waals surface area contributed by atoms with Crippen molar-refractivity contribution in [3.8, 4) is 22.3 Å². The smallest absolute Gasteiger partial charge is 0.410 e. The van der Waals surface area contributed by atoms with Crippen LogP contribution >= 0.6 is 0 Å². The maximum Gasteiger partial charge on any atom is 0.410 e. The van der Waals surface area contributed by atoms with Gasteiger partial charge in [-0.15, -0.1) is 0 Å². The van der Waals surface area contributed by atoms with Crippen molar-refractivity contribution < 1.29 is 86.6 Å². The average Bonchev–Trinajstić information content (AvgIpc) is 1.62. The van der Waals surface area contributed by atoms with Gasteiger partial charge in [-0.25, -0.2) is 49.8 Å². The van der Waals surface area contributed by atoms with Crippen LogP contribution in [0.15, 0.2) is 173 Å². The predicted molar refractivity (Wildman–Crippen MR) is 519 cm³/mol. The molecule has 136 heavy (non-hydrogen) atoms. The van der Waals surface area contributed by atoms with Crippen molar-refractivity contribution in [2.24, 2.45) is 62.3 Å². The number of aliphatic carboxylic acids is 2. The van der Waals surface area contributed by atoms with Crippen molar-refractivity contribution in [1.82, 2.24) is 63.3 Å². The van der Waals surface area contributed by atoms with E-state index in [-0.39, 0.29) is 116 Å². The zero-order valence-corrected chi connectivity index (χ0v) is 79.6. The number of alkyl carbamates (subject to hydrolysis) is 1. The zero-order valence-electron chi connectivity index (χ0n) is 79.6. The monoisotopic (exact) mass is 1880 g/mol. The number of carboxylic acid groups (broad SMARTS) is 2. The van der Waals surface area contributed by atoms with Crippen LogP contribution in [0.25, 0.3) is 22.3 Å². The highest BCUT2D eigenvalue weighted by Gasteiger charge is 2.45. The number of hydrazone groups is 3. The minimum Gasteiger partial charge on any atom is -0.481 e. The Morgan fingerprint density at radius 3 is 1.12 bits per heavy atom. The number of benzene rings is 6. The molecule has 7 aliphatic rings. The number of nitrogens with one attached hydrogen (secondary N) is 10. The molecule has 3 saturated carbocycles. The van der Waals surface area contributed by atoms with E-state index < -0.39 is 66.0 Å². The van der Waals surface area contributed by atoms with E-state index in [9.17, 15) is 57.8 Å². The Hall–Kier alpha value is -12.9. The Labute approximate surface area is 797 Å². The van der Waals surface area contributed by atoms with E-state index in [1.165, 1.54) is 35.5 Å². The number of nitrogens with zero attached hydrogens (tertiary/aromatic N) is 5. The van der Waals surface area contributed by atoms with Crippen LogP contribution < -0.4 is 65.0 Å². The van der Waals surface area contributed by atoms with Crippen LogP contribution in [-0.4, -0.2) is 220 Å². The van der Waals surface area contributed by atoms with Gasteiger partial charge in [0.1, 0.15) is 30.9 Å². The Balaban J connectivity index is 0.000000215. The summed E-state index contributed by atoms with van der Waals surface area (Å²) in [5, 5.41) is 49.8. The van der Waals surface area contributed by atoms with E-state index in [0.717, 1.165) is 126 Å². The fraction of sp³-hybridized carbons (Fsp3) is 0.505. The molecule has 0 spiro atoms. The molecule has 16 N–H and O–H groups in total. The summed E-state index contributed by atoms with van der Waals surface area (Å²) in [5.41, 5.74) is 27.8. The van der Waals surface area contributed by atoms with E-state index in [2.05, 4.69) is 123 Å². The Kier molecular flexibility index (Phi) is 43.4. The molecule has 0 unspecified atom stereocenters. The molecule has 2 heterocycles. The Morgan fingerprint density at radius 1 is 0.434 bits per heavy atom. The van der Waals surface area contributed by atoms with Gasteiger partial charge in [-0.2, -0.15) is 15.3 Å². The lowest BCUT2D eigenvalue weighted by atomic mass is 9.81. The predicted octanol–water partition coefficient (Wildman–Crippen LogP) is 12.6. The Bertz CT molecular complexity index is 4850. The van der Waals surface area contributed by atoms with Gasteiger partial charge in [-0.3, -0.25) is 29.0 Å². The fourth-order valence-electron chi connectivity index (χ4n) is 17.7. The summed E-state index contributed by atoms with van der Waals surface area (Å²) in [4.78, 5) is 137. The number of carbonyl (C=O) groups is 11. The van der Waals surface area contributed by atoms with Gasteiger partial charge in [-0.1, -0.05) is 178 Å². The third-order valence-electron chi connectivity index (χ3n) is 25.3. The molecule has 12 amide bonds. The third kappa shape index (κ3) is 33.3. The van der Waals surface area contributed by atoms with E-state index in [1.807, 2.05) is 130 Å². The lowest BCUT2D eigenvalue weighted by molar-refractivity contribution is -0.143. The molecule has 0 bridgehead atoms. The molecule has 35 heteroatoms. The van der Waals surface area contributed by atoms with Crippen LogP contribution in [0, 0.1) is 35.5 Å². The number of carbonyl (C=O) groups excluding carboxylic acids is 9. The number of hydrogen-bond acceptors (Lipinski definition) is 21. The highest BCUT2D eigenvalue weighted by Crippen LogP contribution is 2.47. The van der Waals surface area contributed by atoms with Gasteiger partial charge in [0, 0.05) is 94.9 Å². The van der Waals surface area contributed by atoms with Gasteiger partial charge in [0.25, 0.3) is 0 Å². The molecular formula is C101H139N17O18. The summed E-state index contributed by atoms with van der Waals surface area (Å²) in [7, 11) is 4.83. The number of nitrogens with two attached hydrogens (primary N) is 2. The van der Waals surface area contributed by atoms with E-state index in [4.69, 9.17) is 34.5 Å². The van der Waals surface area contributed by atoms with Crippen molar-refractivity contribution in [3.05, 3.63) is 191 Å². The molecule has 5 fully saturated rings. The zero-order chi connectivity index (χ0) is 98.1. The first-order chi connectivity index (χ1) is 65.6. The summed E-state index contributed by atoms with van der Waals surface area (Å²) >= 11 is 0. The van der Waals surface area contributed by atoms with Crippen molar-refractivity contribution in [3.63, 3.8) is 0 Å². The SMILES string of the molecule is CC[C@@H](/C=N/NC(=O)NCC1CCC(C(=O)NC)CC1)NC(=O)[C@@H]1C[C@@H](OCc2ccccc2)CN1C(=O)OCC1c2ccccc2-c2ccccc21.CC[C@@H](/C=N/NC(=O)NCC1CCC(C(=O)O)CC1)NC(=O)OC(C)(C)C.CC[C@H](N)/C=N/NC(=O)NCC1CCC(C(=O)NC)CC1.CN.O=C(O)[C@H]1C[C@@H](OCc2ccccc2)CN1C(=O)OCC1c2ccccc2-c2ccccc21. The molecule has 5 aliphatic carbocycles. The first-order valence-corrected chi connectivity index (χ1v) is 47.4. The highest BCUT2D eigenvalue weighted by atomic mass is 16.6. The maximum absolute atomic E-state index is 13.8. The van der Waals surface area contributed by atoms with Crippen LogP contribution in [0.2, 0.25) is 0 Å². The average molecular weight is 1880 g/mol. The normalized spacial score (nSPS) is 20.9. The maximum atomic E-state index is 13.8. The van der Waals surface area contributed by atoms with Crippen molar-refractivity contribution in [1.29, 1.82) is 0 Å². The van der Waals surface area contributed by atoms with E-state index in [1.54, 1.807) is 34.9 Å². The summed E-state index contributed by atoms with van der Waals surface area (Å²) in [6.07, 6.45) is 14.4. The molecule has 2 saturated heterocycles. The molecule has 35 nitrogen and oxygen atoms in total. The molecule has 6 aromatic rings. The van der Waals surface area contributed by atoms with Gasteiger partial charge in [-0.05, 0) is 198 Å². The molecule has 13 rings (SSSR count). The topological polar surface area (TPSA) is 490 Å². The van der Waals surface area contributed by atoms with Crippen LogP contribution in [0.5, 0.6) is 0 Å². The highest BCUT2D eigenvalue weighted by molar-refractivity contribution is 5.90. The van der Waals surface area contributed by atoms with Crippen molar-refractivity contribution in [2.75, 3.05) is 67.1 Å². The molecule has 736 valence electrons. The van der Waals surface area contributed by atoms with Crippen LogP contribution in [0.4, 0.5) is 28.8 Å². The van der Waals surface area contributed by atoms with Crippen LogP contribution in [-0.2, 0) is 60.9 Å². The number of carboxylic acids is 2. The van der Waals surface area contributed by atoms with Crippen molar-refractivity contribution in [2.45, 2.75) is 224 Å². The number of rotatable bonds is 32. The fourth-order valence-corrected chi connectivity index (χ4v) is 17.7. The van der Waals surface area contributed by atoms with Gasteiger partial charge in [0.15, 0.2) is 0 Å². The van der Waals surface area contributed by atoms with E-state index in [0.29, 0.717) is 76.8 Å².